The summed E-state index contributed by atoms with van der Waals surface area (Å²) in [5, 5.41) is 3.82. The molecule has 2 amide bonds. The number of hydrogen-bond donors (Lipinski definition) is 2. The van der Waals surface area contributed by atoms with E-state index in [0.717, 1.165) is 0 Å². The smallest absolute Gasteiger partial charge is 0.377 e. The Morgan fingerprint density at radius 3 is 1.76 bits per heavy atom. The van der Waals surface area contributed by atoms with Crippen molar-refractivity contribution in [1.29, 1.82) is 0 Å². The Labute approximate surface area is 141 Å². The Balaban J connectivity index is 2.65. The Kier molecular flexibility index (Phi) is 7.73. The first kappa shape index (κ1) is 21.3. The lowest BCUT2D eigenvalue weighted by Crippen LogP contribution is -2.43. The lowest BCUT2D eigenvalue weighted by molar-refractivity contribution is 0.123. The van der Waals surface area contributed by atoms with Gasteiger partial charge in [0.15, 0.2) is 23.3 Å². The fourth-order valence-electron chi connectivity index (χ4n) is 1.94. The average Bonchev–Trinajstić information content (AvgIpc) is 2.62. The summed E-state index contributed by atoms with van der Waals surface area (Å²) in [6.07, 6.45) is 0.326. The molecule has 0 aliphatic carbocycles. The molecule has 1 aromatic rings. The third kappa shape index (κ3) is 4.87. The Morgan fingerprint density at radius 1 is 0.880 bits per heavy atom. The minimum Gasteiger partial charge on any atom is -0.377 e. The molecule has 0 fully saturated rings. The van der Waals surface area contributed by atoms with Gasteiger partial charge in [-0.15, -0.1) is 0 Å². The van der Waals surface area contributed by atoms with Crippen LogP contribution >= 0.6 is 0 Å². The molecule has 1 aromatic carbocycles. The molecule has 6 nitrogen and oxygen atoms in total. The lowest BCUT2D eigenvalue weighted by Gasteiger charge is -2.24. The number of nitrogens with one attached hydrogen (secondary N) is 2. The number of halogens is 5. The van der Waals surface area contributed by atoms with Gasteiger partial charge >= 0.3 is 14.8 Å². The summed E-state index contributed by atoms with van der Waals surface area (Å²) in [7, 11) is 1.38. The zero-order chi connectivity index (χ0) is 19.2. The van der Waals surface area contributed by atoms with Crippen molar-refractivity contribution in [3.63, 3.8) is 0 Å². The third-order valence-corrected chi connectivity index (χ3v) is 6.16. The van der Waals surface area contributed by atoms with Crippen LogP contribution in [-0.4, -0.2) is 42.7 Å². The van der Waals surface area contributed by atoms with E-state index in [4.69, 9.17) is 13.3 Å². The van der Waals surface area contributed by atoms with Crippen LogP contribution in [0, 0.1) is 29.1 Å². The highest BCUT2D eigenvalue weighted by Gasteiger charge is 2.36. The van der Waals surface area contributed by atoms with Crippen LogP contribution in [0.4, 0.5) is 32.4 Å². The van der Waals surface area contributed by atoms with Crippen molar-refractivity contribution in [3.05, 3.63) is 29.1 Å². The molecule has 0 aliphatic rings. The van der Waals surface area contributed by atoms with Crippen molar-refractivity contribution in [2.75, 3.05) is 33.2 Å². The van der Waals surface area contributed by atoms with Crippen molar-refractivity contribution < 1.29 is 40.0 Å². The van der Waals surface area contributed by atoms with Gasteiger partial charge in [-0.25, -0.2) is 26.7 Å². The number of rotatable bonds is 8. The van der Waals surface area contributed by atoms with Crippen LogP contribution < -0.4 is 10.6 Å². The number of urea groups is 1. The van der Waals surface area contributed by atoms with E-state index in [-0.39, 0.29) is 6.54 Å². The van der Waals surface area contributed by atoms with Crippen LogP contribution in [0.5, 0.6) is 0 Å². The molecule has 2 N–H and O–H groups in total. The number of amides is 2. The van der Waals surface area contributed by atoms with E-state index < -0.39 is 49.6 Å². The van der Waals surface area contributed by atoms with Gasteiger partial charge in [-0.2, -0.15) is 0 Å². The minimum atomic E-state index is -2.84. The van der Waals surface area contributed by atoms with Gasteiger partial charge in [-0.1, -0.05) is 0 Å². The lowest BCUT2D eigenvalue weighted by atomic mass is 10.2. The Bertz CT molecular complexity index is 594. The third-order valence-electron chi connectivity index (χ3n) is 3.33. The van der Waals surface area contributed by atoms with Gasteiger partial charge in [0.25, 0.3) is 0 Å². The van der Waals surface area contributed by atoms with E-state index >= 15 is 0 Å². The molecule has 25 heavy (non-hydrogen) atoms. The molecular formula is C13H17F5N2O4Si. The maximum atomic E-state index is 13.4. The Hall–Kier alpha value is -1.76. The number of hydrogen-bond acceptors (Lipinski definition) is 4. The molecule has 0 spiro atoms. The highest BCUT2D eigenvalue weighted by molar-refractivity contribution is 6.60. The van der Waals surface area contributed by atoms with Crippen molar-refractivity contribution >= 4 is 20.5 Å². The second kappa shape index (κ2) is 9.08. The number of carbonyl (C=O) groups excluding carboxylic acids is 1. The fraction of sp³-hybridized carbons (Fsp3) is 0.462. The van der Waals surface area contributed by atoms with Gasteiger partial charge in [0.1, 0.15) is 5.69 Å². The molecule has 0 saturated carbocycles. The van der Waals surface area contributed by atoms with Gasteiger partial charge in [0.05, 0.1) is 0 Å². The molecule has 142 valence electrons. The van der Waals surface area contributed by atoms with Crippen LogP contribution in [0.15, 0.2) is 0 Å². The molecule has 0 saturated heterocycles. The summed E-state index contributed by atoms with van der Waals surface area (Å²) in [5.41, 5.74) is -1.43. The van der Waals surface area contributed by atoms with Gasteiger partial charge < -0.3 is 23.9 Å². The molecule has 0 radical (unpaired) electrons. The zero-order valence-electron chi connectivity index (χ0n) is 13.6. The summed E-state index contributed by atoms with van der Waals surface area (Å²) in [6, 6.07) is -0.804. The highest BCUT2D eigenvalue weighted by Crippen LogP contribution is 2.26. The van der Waals surface area contributed by atoms with E-state index in [1.165, 1.54) is 21.3 Å². The molecule has 1 rings (SSSR count). The standard InChI is InChI=1S/C13H17F5N2O4Si/c1-22-25(23-2,24-3)6-4-5-19-13(21)20-12-10(17)8(15)7(14)9(16)11(12)18/h4-6H2,1-3H3,(H2,19,20,21). The van der Waals surface area contributed by atoms with Crippen LogP contribution in [0.3, 0.4) is 0 Å². The minimum absolute atomic E-state index is 0.0199. The van der Waals surface area contributed by atoms with Gasteiger partial charge in [-0.05, 0) is 6.42 Å². The Morgan fingerprint density at radius 2 is 1.32 bits per heavy atom. The topological polar surface area (TPSA) is 68.8 Å². The number of anilines is 1. The van der Waals surface area contributed by atoms with E-state index in [1.807, 2.05) is 0 Å². The summed E-state index contributed by atoms with van der Waals surface area (Å²) in [5.74, 6) is -10.9. The van der Waals surface area contributed by atoms with Crippen molar-refractivity contribution in [2.24, 2.45) is 0 Å². The molecule has 12 heteroatoms. The van der Waals surface area contributed by atoms with E-state index in [9.17, 15) is 26.7 Å². The summed E-state index contributed by atoms with van der Waals surface area (Å²) >= 11 is 0. The van der Waals surface area contributed by atoms with E-state index in [2.05, 4.69) is 5.32 Å². The number of benzene rings is 1. The second-order valence-electron chi connectivity index (χ2n) is 4.72. The van der Waals surface area contributed by atoms with Crippen LogP contribution in [0.2, 0.25) is 6.04 Å². The highest BCUT2D eigenvalue weighted by atomic mass is 28.4. The molecule has 0 atom stereocenters. The van der Waals surface area contributed by atoms with Gasteiger partial charge in [0.2, 0.25) is 5.82 Å². The van der Waals surface area contributed by atoms with Gasteiger partial charge in [0, 0.05) is 33.9 Å². The first-order chi connectivity index (χ1) is 11.7. The summed E-state index contributed by atoms with van der Waals surface area (Å²) in [4.78, 5) is 11.6. The fourth-order valence-corrected chi connectivity index (χ4v) is 3.66. The molecule has 0 aromatic heterocycles. The predicted octanol–water partition coefficient (Wildman–Crippen LogP) is 2.77. The predicted molar refractivity (Wildman–Crippen MR) is 79.5 cm³/mol. The maximum Gasteiger partial charge on any atom is 0.500 e. The van der Waals surface area contributed by atoms with Gasteiger partial charge in [-0.3, -0.25) is 0 Å². The molecular weight excluding hydrogens is 371 g/mol. The van der Waals surface area contributed by atoms with Crippen molar-refractivity contribution in [3.8, 4) is 0 Å². The second-order valence-corrected chi connectivity index (χ2v) is 7.82. The van der Waals surface area contributed by atoms with Crippen molar-refractivity contribution in [1.82, 2.24) is 5.32 Å². The van der Waals surface area contributed by atoms with Crippen molar-refractivity contribution in [2.45, 2.75) is 12.5 Å². The van der Waals surface area contributed by atoms with Crippen LogP contribution in [0.1, 0.15) is 6.42 Å². The van der Waals surface area contributed by atoms with Crippen LogP contribution in [-0.2, 0) is 13.3 Å². The zero-order valence-corrected chi connectivity index (χ0v) is 14.6. The average molecular weight is 388 g/mol. The number of carbonyl (C=O) groups is 1. The molecule has 0 unspecified atom stereocenters. The first-order valence-corrected chi connectivity index (χ1v) is 8.88. The summed E-state index contributed by atoms with van der Waals surface area (Å²) < 4.78 is 81.3. The normalized spacial score (nSPS) is 11.5. The quantitative estimate of drug-likeness (QED) is 0.236. The largest absolute Gasteiger partial charge is 0.500 e. The molecule has 0 aliphatic heterocycles. The molecule has 0 heterocycles. The molecule has 0 bridgehead atoms. The SMILES string of the molecule is CO[Si](CCCNC(=O)Nc1c(F)c(F)c(F)c(F)c1F)(OC)OC. The van der Waals surface area contributed by atoms with E-state index in [1.54, 1.807) is 5.32 Å². The monoisotopic (exact) mass is 388 g/mol. The van der Waals surface area contributed by atoms with E-state index in [0.29, 0.717) is 12.5 Å². The van der Waals surface area contributed by atoms with Crippen LogP contribution in [0.25, 0.3) is 0 Å². The first-order valence-electron chi connectivity index (χ1n) is 6.94. The maximum absolute atomic E-state index is 13.4. The summed E-state index contributed by atoms with van der Waals surface area (Å²) in [6.45, 7) is 0.0199.